The Kier molecular flexibility index (Phi) is 4.72. The molecule has 2 rings (SSSR count). The number of hydrogen-bond donors (Lipinski definition) is 1. The summed E-state index contributed by atoms with van der Waals surface area (Å²) >= 11 is 5.97. The number of nitrogen functional groups attached to an aromatic ring is 1. The number of hydrogen-bond acceptors (Lipinski definition) is 3. The summed E-state index contributed by atoms with van der Waals surface area (Å²) in [6.07, 6.45) is 0. The highest BCUT2D eigenvalue weighted by Gasteiger charge is 2.15. The van der Waals surface area contributed by atoms with Crippen molar-refractivity contribution in [2.45, 2.75) is 26.4 Å². The molecule has 0 radical (unpaired) electrons. The van der Waals surface area contributed by atoms with E-state index in [2.05, 4.69) is 24.8 Å². The molecular formula is C17H18ClN3. The summed E-state index contributed by atoms with van der Waals surface area (Å²) in [7, 11) is 0. The van der Waals surface area contributed by atoms with E-state index in [0.717, 1.165) is 16.9 Å². The van der Waals surface area contributed by atoms with Crippen molar-refractivity contribution in [2.24, 2.45) is 0 Å². The topological polar surface area (TPSA) is 53.0 Å². The van der Waals surface area contributed by atoms with Crippen LogP contribution < -0.4 is 10.6 Å². The van der Waals surface area contributed by atoms with Crippen LogP contribution in [0.25, 0.3) is 0 Å². The third-order valence-corrected chi connectivity index (χ3v) is 3.55. The molecule has 0 atom stereocenters. The van der Waals surface area contributed by atoms with Gasteiger partial charge in [-0.2, -0.15) is 5.26 Å². The maximum Gasteiger partial charge on any atom is 0.101 e. The molecule has 108 valence electrons. The highest BCUT2D eigenvalue weighted by Crippen LogP contribution is 2.27. The molecule has 0 bridgehead atoms. The van der Waals surface area contributed by atoms with E-state index in [1.54, 1.807) is 6.07 Å². The zero-order valence-electron chi connectivity index (χ0n) is 12.2. The molecule has 2 N–H and O–H groups in total. The number of rotatable bonds is 4. The summed E-state index contributed by atoms with van der Waals surface area (Å²) in [5, 5.41) is 9.90. The molecule has 0 fully saturated rings. The number of nitriles is 1. The fraction of sp³-hybridized carbons (Fsp3) is 0.235. The number of nitrogens with two attached hydrogens (primary N) is 1. The van der Waals surface area contributed by atoms with E-state index >= 15 is 0 Å². The van der Waals surface area contributed by atoms with Gasteiger partial charge in [-0.1, -0.05) is 23.7 Å². The second-order valence-corrected chi connectivity index (χ2v) is 5.68. The Hall–Kier alpha value is -2.18. The van der Waals surface area contributed by atoms with Crippen LogP contribution in [-0.2, 0) is 6.54 Å². The van der Waals surface area contributed by atoms with Crippen molar-refractivity contribution in [3.8, 4) is 6.07 Å². The Labute approximate surface area is 130 Å². The first-order valence-electron chi connectivity index (χ1n) is 6.82. The van der Waals surface area contributed by atoms with Gasteiger partial charge < -0.3 is 10.6 Å². The molecule has 0 aliphatic heterocycles. The van der Waals surface area contributed by atoms with Crippen LogP contribution in [-0.4, -0.2) is 6.04 Å². The van der Waals surface area contributed by atoms with Crippen LogP contribution in [0.15, 0.2) is 42.5 Å². The van der Waals surface area contributed by atoms with Crippen molar-refractivity contribution in [3.05, 3.63) is 58.6 Å². The van der Waals surface area contributed by atoms with Gasteiger partial charge in [0.25, 0.3) is 0 Å². The first kappa shape index (κ1) is 15.2. The van der Waals surface area contributed by atoms with Crippen molar-refractivity contribution in [1.29, 1.82) is 5.26 Å². The first-order chi connectivity index (χ1) is 10.0. The standard InChI is InChI=1S/C17H18ClN3/c1-12(2)21(11-13-4-3-5-16(20)8-13)17-7-6-15(18)9-14(17)10-19/h3-9,12H,11,20H2,1-2H3. The minimum absolute atomic E-state index is 0.250. The van der Waals surface area contributed by atoms with Crippen LogP contribution in [0.5, 0.6) is 0 Å². The number of anilines is 2. The number of nitrogens with zero attached hydrogens (tertiary/aromatic N) is 2. The van der Waals surface area contributed by atoms with Gasteiger partial charge in [0, 0.05) is 23.3 Å². The first-order valence-corrected chi connectivity index (χ1v) is 7.19. The van der Waals surface area contributed by atoms with Gasteiger partial charge in [0.05, 0.1) is 11.3 Å². The third kappa shape index (κ3) is 3.68. The minimum atomic E-state index is 0.250. The molecular weight excluding hydrogens is 282 g/mol. The Bertz CT molecular complexity index is 674. The predicted molar refractivity (Wildman–Crippen MR) is 88.3 cm³/mol. The summed E-state index contributed by atoms with van der Waals surface area (Å²) in [6, 6.07) is 15.7. The van der Waals surface area contributed by atoms with Gasteiger partial charge in [0.15, 0.2) is 0 Å². The van der Waals surface area contributed by atoms with Gasteiger partial charge >= 0.3 is 0 Å². The Morgan fingerprint density at radius 1 is 1.24 bits per heavy atom. The largest absolute Gasteiger partial charge is 0.399 e. The number of benzene rings is 2. The van der Waals surface area contributed by atoms with Gasteiger partial charge in [-0.3, -0.25) is 0 Å². The SMILES string of the molecule is CC(C)N(Cc1cccc(N)c1)c1ccc(Cl)cc1C#N. The summed E-state index contributed by atoms with van der Waals surface area (Å²) in [4.78, 5) is 2.17. The van der Waals surface area contributed by atoms with E-state index in [-0.39, 0.29) is 6.04 Å². The lowest BCUT2D eigenvalue weighted by Gasteiger charge is -2.30. The van der Waals surface area contributed by atoms with E-state index in [4.69, 9.17) is 17.3 Å². The van der Waals surface area contributed by atoms with Gasteiger partial charge in [-0.15, -0.1) is 0 Å². The van der Waals surface area contributed by atoms with Crippen molar-refractivity contribution in [2.75, 3.05) is 10.6 Å². The van der Waals surface area contributed by atoms with Crippen molar-refractivity contribution < 1.29 is 0 Å². The lowest BCUT2D eigenvalue weighted by Crippen LogP contribution is -2.30. The lowest BCUT2D eigenvalue weighted by molar-refractivity contribution is 0.682. The predicted octanol–water partition coefficient (Wildman–Crippen LogP) is 4.21. The third-order valence-electron chi connectivity index (χ3n) is 3.32. The molecule has 0 saturated heterocycles. The van der Waals surface area contributed by atoms with Crippen LogP contribution in [0.2, 0.25) is 5.02 Å². The van der Waals surface area contributed by atoms with Crippen molar-refractivity contribution >= 4 is 23.0 Å². The Balaban J connectivity index is 2.38. The van der Waals surface area contributed by atoms with Crippen LogP contribution >= 0.6 is 11.6 Å². The highest BCUT2D eigenvalue weighted by molar-refractivity contribution is 6.30. The number of halogens is 1. The molecule has 0 unspecified atom stereocenters. The molecule has 0 spiro atoms. The molecule has 2 aromatic rings. The fourth-order valence-corrected chi connectivity index (χ4v) is 2.45. The average Bonchev–Trinajstić information content (AvgIpc) is 2.45. The smallest absolute Gasteiger partial charge is 0.101 e. The molecule has 0 aromatic heterocycles. The second kappa shape index (κ2) is 6.51. The molecule has 2 aromatic carbocycles. The molecule has 0 aliphatic rings. The van der Waals surface area contributed by atoms with Crippen LogP contribution in [0, 0.1) is 11.3 Å². The van der Waals surface area contributed by atoms with Gasteiger partial charge in [0.2, 0.25) is 0 Å². The molecule has 0 saturated carbocycles. The molecule has 0 heterocycles. The molecule has 3 nitrogen and oxygen atoms in total. The van der Waals surface area contributed by atoms with Crippen molar-refractivity contribution in [1.82, 2.24) is 0 Å². The highest BCUT2D eigenvalue weighted by atomic mass is 35.5. The Morgan fingerprint density at radius 3 is 2.62 bits per heavy atom. The zero-order chi connectivity index (χ0) is 15.4. The van der Waals surface area contributed by atoms with Crippen LogP contribution in [0.3, 0.4) is 0 Å². The molecule has 0 amide bonds. The molecule has 4 heteroatoms. The second-order valence-electron chi connectivity index (χ2n) is 5.24. The maximum atomic E-state index is 9.33. The Morgan fingerprint density at radius 2 is 2.00 bits per heavy atom. The summed E-state index contributed by atoms with van der Waals surface area (Å²) < 4.78 is 0. The normalized spacial score (nSPS) is 10.4. The van der Waals surface area contributed by atoms with Gasteiger partial charge in [0.1, 0.15) is 6.07 Å². The summed E-state index contributed by atoms with van der Waals surface area (Å²) in [6.45, 7) is 4.89. The monoisotopic (exact) mass is 299 g/mol. The quantitative estimate of drug-likeness (QED) is 0.860. The lowest BCUT2D eigenvalue weighted by atomic mass is 10.1. The molecule has 0 aliphatic carbocycles. The summed E-state index contributed by atoms with van der Waals surface area (Å²) in [5.74, 6) is 0. The van der Waals surface area contributed by atoms with Gasteiger partial charge in [-0.25, -0.2) is 0 Å². The maximum absolute atomic E-state index is 9.33. The summed E-state index contributed by atoms with van der Waals surface area (Å²) in [5.41, 5.74) is 9.17. The zero-order valence-corrected chi connectivity index (χ0v) is 12.9. The van der Waals surface area contributed by atoms with Crippen LogP contribution in [0.1, 0.15) is 25.0 Å². The minimum Gasteiger partial charge on any atom is -0.399 e. The average molecular weight is 300 g/mol. The van der Waals surface area contributed by atoms with E-state index in [1.807, 2.05) is 36.4 Å². The van der Waals surface area contributed by atoms with E-state index in [0.29, 0.717) is 17.1 Å². The van der Waals surface area contributed by atoms with Crippen molar-refractivity contribution in [3.63, 3.8) is 0 Å². The van der Waals surface area contributed by atoms with E-state index in [1.165, 1.54) is 0 Å². The van der Waals surface area contributed by atoms with Gasteiger partial charge in [-0.05, 0) is 49.7 Å². The van der Waals surface area contributed by atoms with E-state index < -0.39 is 0 Å². The van der Waals surface area contributed by atoms with Crippen LogP contribution in [0.4, 0.5) is 11.4 Å². The van der Waals surface area contributed by atoms with E-state index in [9.17, 15) is 5.26 Å². The fourth-order valence-electron chi connectivity index (χ4n) is 2.28. The molecule has 21 heavy (non-hydrogen) atoms.